The van der Waals surface area contributed by atoms with E-state index in [1.54, 1.807) is 6.20 Å². The van der Waals surface area contributed by atoms with Gasteiger partial charge >= 0.3 is 0 Å². The summed E-state index contributed by atoms with van der Waals surface area (Å²) < 4.78 is 0. The maximum Gasteiger partial charge on any atom is 0.0891 e. The fourth-order valence-electron chi connectivity index (χ4n) is 1.10. The van der Waals surface area contributed by atoms with Gasteiger partial charge in [0.1, 0.15) is 0 Å². The van der Waals surface area contributed by atoms with Crippen molar-refractivity contribution in [2.45, 2.75) is 6.42 Å². The Morgan fingerprint density at radius 1 is 1.18 bits per heavy atom. The van der Waals surface area contributed by atoms with Crippen LogP contribution in [-0.4, -0.2) is 0 Å². The summed E-state index contributed by atoms with van der Waals surface area (Å²) in [4.78, 5) is 0. The van der Waals surface area contributed by atoms with Crippen molar-refractivity contribution in [1.29, 1.82) is 0 Å². The largest absolute Gasteiger partial charge is 0.159 e. The molecule has 1 aliphatic heterocycles. The van der Waals surface area contributed by atoms with Crippen LogP contribution in [0.25, 0.3) is 0 Å². The van der Waals surface area contributed by atoms with Crippen molar-refractivity contribution in [3.63, 3.8) is 0 Å². The van der Waals surface area contributed by atoms with E-state index in [4.69, 9.17) is 0 Å². The predicted molar refractivity (Wildman–Crippen MR) is 43.8 cm³/mol. The molecule has 54 valence electrons. The van der Waals surface area contributed by atoms with Crippen LogP contribution in [-0.2, 0) is 6.42 Å². The van der Waals surface area contributed by atoms with Crippen molar-refractivity contribution in [1.82, 2.24) is 0 Å². The van der Waals surface area contributed by atoms with Crippen LogP contribution in [0.5, 0.6) is 0 Å². The molecule has 1 aromatic carbocycles. The summed E-state index contributed by atoms with van der Waals surface area (Å²) in [5.41, 5.74) is 2.22. The van der Waals surface area contributed by atoms with Gasteiger partial charge < -0.3 is 0 Å². The molecule has 0 aromatic heterocycles. The predicted octanol–water partition coefficient (Wildman–Crippen LogP) is 2.84. The monoisotopic (exact) mass is 144 g/mol. The molecule has 0 amide bonds. The van der Waals surface area contributed by atoms with Gasteiger partial charge in [0.05, 0.1) is 5.69 Å². The molecule has 0 aliphatic carbocycles. The molecule has 0 atom stereocenters. The lowest BCUT2D eigenvalue weighted by Gasteiger charge is -1.97. The van der Waals surface area contributed by atoms with Crippen LogP contribution in [0.15, 0.2) is 46.8 Å². The van der Waals surface area contributed by atoms with Gasteiger partial charge in [0.15, 0.2) is 0 Å². The summed E-state index contributed by atoms with van der Waals surface area (Å²) in [5.74, 6) is 0. The second-order valence-corrected chi connectivity index (χ2v) is 2.43. The zero-order valence-electron chi connectivity index (χ0n) is 6.07. The molecule has 0 unspecified atom stereocenters. The third kappa shape index (κ3) is 1.19. The quantitative estimate of drug-likeness (QED) is 0.535. The molecule has 0 fully saturated rings. The minimum Gasteiger partial charge on any atom is -0.159 e. The molecule has 11 heavy (non-hydrogen) atoms. The molecule has 2 rings (SSSR count). The number of nitrogens with zero attached hydrogens (tertiary/aromatic N) is 2. The molecule has 0 saturated carbocycles. The summed E-state index contributed by atoms with van der Waals surface area (Å²) in [6.45, 7) is 0. The van der Waals surface area contributed by atoms with Gasteiger partial charge in [-0.3, -0.25) is 0 Å². The van der Waals surface area contributed by atoms with E-state index >= 15 is 0 Å². The fourth-order valence-corrected chi connectivity index (χ4v) is 1.10. The molecule has 0 N–H and O–H groups in total. The van der Waals surface area contributed by atoms with E-state index in [0.717, 1.165) is 12.1 Å². The number of azo groups is 1. The lowest BCUT2D eigenvalue weighted by molar-refractivity contribution is 1.22. The lowest BCUT2D eigenvalue weighted by Crippen LogP contribution is -1.78. The average molecular weight is 144 g/mol. The highest BCUT2D eigenvalue weighted by Crippen LogP contribution is 2.21. The molecule has 0 saturated heterocycles. The van der Waals surface area contributed by atoms with E-state index < -0.39 is 0 Å². The third-order valence-corrected chi connectivity index (χ3v) is 1.67. The molecule has 1 aromatic rings. The number of fused-ring (bicyclic) bond motifs is 1. The minimum atomic E-state index is 0.934. The Morgan fingerprint density at radius 2 is 2.09 bits per heavy atom. The first-order valence-electron chi connectivity index (χ1n) is 3.60. The summed E-state index contributed by atoms with van der Waals surface area (Å²) in [5, 5.41) is 7.88. The topological polar surface area (TPSA) is 24.7 Å². The number of benzene rings is 1. The highest BCUT2D eigenvalue weighted by molar-refractivity contribution is 5.46. The molecule has 0 spiro atoms. The standard InChI is InChI=1S/C9H8N2/c1-2-6-9-8(4-1)5-3-7-10-11-9/h1-4,6-7H,5H2. The van der Waals surface area contributed by atoms with Crippen molar-refractivity contribution < 1.29 is 0 Å². The number of rotatable bonds is 0. The number of hydrogen-bond donors (Lipinski definition) is 0. The van der Waals surface area contributed by atoms with E-state index in [-0.39, 0.29) is 0 Å². The SMILES string of the molecule is C1=CN=Nc2ccccc2C1. The molecule has 2 heteroatoms. The van der Waals surface area contributed by atoms with Gasteiger partial charge in [-0.1, -0.05) is 24.3 Å². The summed E-state index contributed by atoms with van der Waals surface area (Å²) >= 11 is 0. The normalized spacial score (nSPS) is 14.2. The van der Waals surface area contributed by atoms with E-state index in [2.05, 4.69) is 16.3 Å². The van der Waals surface area contributed by atoms with Crippen molar-refractivity contribution in [3.8, 4) is 0 Å². The molecule has 2 nitrogen and oxygen atoms in total. The smallest absolute Gasteiger partial charge is 0.0891 e. The molecular formula is C9H8N2. The summed E-state index contributed by atoms with van der Waals surface area (Å²) in [6.07, 6.45) is 4.68. The van der Waals surface area contributed by atoms with Crippen molar-refractivity contribution >= 4 is 5.69 Å². The van der Waals surface area contributed by atoms with Crippen LogP contribution in [0.1, 0.15) is 5.56 Å². The molecular weight excluding hydrogens is 136 g/mol. The Labute approximate surface area is 65.3 Å². The van der Waals surface area contributed by atoms with Gasteiger partial charge in [-0.25, -0.2) is 0 Å². The van der Waals surface area contributed by atoms with Gasteiger partial charge in [0.2, 0.25) is 0 Å². The maximum absolute atomic E-state index is 4.02. The van der Waals surface area contributed by atoms with Gasteiger partial charge in [-0.15, -0.1) is 0 Å². The van der Waals surface area contributed by atoms with Crippen molar-refractivity contribution in [2.24, 2.45) is 10.2 Å². The summed E-state index contributed by atoms with van der Waals surface area (Å²) in [7, 11) is 0. The lowest BCUT2D eigenvalue weighted by atomic mass is 10.1. The molecule has 0 bridgehead atoms. The Morgan fingerprint density at radius 3 is 3.09 bits per heavy atom. The van der Waals surface area contributed by atoms with Crippen molar-refractivity contribution in [3.05, 3.63) is 42.1 Å². The highest BCUT2D eigenvalue weighted by Gasteiger charge is 1.99. The Kier molecular flexibility index (Phi) is 1.52. The zero-order chi connectivity index (χ0) is 7.52. The van der Waals surface area contributed by atoms with E-state index in [1.807, 2.05) is 24.3 Å². The van der Waals surface area contributed by atoms with Gasteiger partial charge in [-0.2, -0.15) is 10.2 Å². The second kappa shape index (κ2) is 2.66. The molecule has 1 aliphatic rings. The maximum atomic E-state index is 4.02. The van der Waals surface area contributed by atoms with E-state index in [1.165, 1.54) is 5.56 Å². The van der Waals surface area contributed by atoms with Crippen LogP contribution in [0, 0.1) is 0 Å². The first kappa shape index (κ1) is 6.28. The van der Waals surface area contributed by atoms with Crippen LogP contribution in [0.3, 0.4) is 0 Å². The summed E-state index contributed by atoms with van der Waals surface area (Å²) in [6, 6.07) is 8.05. The van der Waals surface area contributed by atoms with Crippen molar-refractivity contribution in [2.75, 3.05) is 0 Å². The van der Waals surface area contributed by atoms with E-state index in [0.29, 0.717) is 0 Å². The van der Waals surface area contributed by atoms with Gasteiger partial charge in [0.25, 0.3) is 0 Å². The number of allylic oxidation sites excluding steroid dienone is 1. The van der Waals surface area contributed by atoms with Crippen LogP contribution < -0.4 is 0 Å². The molecule has 0 radical (unpaired) electrons. The first-order valence-corrected chi connectivity index (χ1v) is 3.60. The number of hydrogen-bond acceptors (Lipinski definition) is 2. The molecule has 1 heterocycles. The van der Waals surface area contributed by atoms with E-state index in [9.17, 15) is 0 Å². The second-order valence-electron chi connectivity index (χ2n) is 2.43. The van der Waals surface area contributed by atoms with Crippen LogP contribution in [0.2, 0.25) is 0 Å². The van der Waals surface area contributed by atoms with Gasteiger partial charge in [0, 0.05) is 6.20 Å². The average Bonchev–Trinajstić information content (AvgIpc) is 2.28. The first-order chi connectivity index (χ1) is 5.47. The van der Waals surface area contributed by atoms with Crippen LogP contribution >= 0.6 is 0 Å². The third-order valence-electron chi connectivity index (χ3n) is 1.67. The minimum absolute atomic E-state index is 0.934. The Hall–Kier alpha value is -1.44. The zero-order valence-corrected chi connectivity index (χ0v) is 6.07. The highest BCUT2D eigenvalue weighted by atomic mass is 15.1. The van der Waals surface area contributed by atoms with Crippen LogP contribution in [0.4, 0.5) is 5.69 Å². The fraction of sp³-hybridized carbons (Fsp3) is 0.111. The Balaban J connectivity index is 2.52. The Bertz CT molecular complexity index is 313. The van der Waals surface area contributed by atoms with Gasteiger partial charge in [-0.05, 0) is 18.1 Å².